The van der Waals surface area contributed by atoms with E-state index in [9.17, 15) is 4.79 Å². The van der Waals surface area contributed by atoms with Gasteiger partial charge in [0.05, 0.1) is 11.1 Å². The third-order valence-corrected chi connectivity index (χ3v) is 3.46. The second-order valence-corrected chi connectivity index (χ2v) is 4.90. The molecule has 5 heteroatoms. The number of alkyl halides is 1. The van der Waals surface area contributed by atoms with Crippen LogP contribution in [0.5, 0.6) is 0 Å². The van der Waals surface area contributed by atoms with Gasteiger partial charge in [0.25, 0.3) is 5.91 Å². The van der Waals surface area contributed by atoms with Crippen molar-refractivity contribution in [3.8, 4) is 0 Å². The first-order valence-electron chi connectivity index (χ1n) is 6.34. The Morgan fingerprint density at radius 3 is 2.95 bits per heavy atom. The number of nitrogens with one attached hydrogen (secondary N) is 1. The Bertz CT molecular complexity index is 568. The number of para-hydroxylation sites is 1. The van der Waals surface area contributed by atoms with Crippen molar-refractivity contribution in [2.45, 2.75) is 25.1 Å². The van der Waals surface area contributed by atoms with E-state index in [4.69, 9.17) is 11.6 Å². The number of hydrogen-bond acceptors (Lipinski definition) is 3. The summed E-state index contributed by atoms with van der Waals surface area (Å²) in [7, 11) is 0. The van der Waals surface area contributed by atoms with E-state index in [0.29, 0.717) is 17.6 Å². The molecule has 1 aromatic heterocycles. The Labute approximate surface area is 117 Å². The van der Waals surface area contributed by atoms with Crippen molar-refractivity contribution in [3.63, 3.8) is 0 Å². The van der Waals surface area contributed by atoms with Gasteiger partial charge < -0.3 is 5.32 Å². The van der Waals surface area contributed by atoms with Crippen molar-refractivity contribution >= 4 is 28.5 Å². The minimum absolute atomic E-state index is 0.104. The van der Waals surface area contributed by atoms with E-state index < -0.39 is 0 Å². The number of halogens is 1. The molecule has 100 valence electrons. The minimum atomic E-state index is -0.133. The van der Waals surface area contributed by atoms with Crippen molar-refractivity contribution in [2.75, 3.05) is 6.54 Å². The van der Waals surface area contributed by atoms with Gasteiger partial charge in [-0.15, -0.1) is 11.6 Å². The number of rotatable bonds is 5. The molecule has 0 aliphatic carbocycles. The predicted octanol–water partition coefficient (Wildman–Crippen LogP) is 2.77. The lowest BCUT2D eigenvalue weighted by molar-refractivity contribution is 0.0954. The fraction of sp³-hybridized carbons (Fsp3) is 0.357. The maximum atomic E-state index is 12.1. The van der Waals surface area contributed by atoms with E-state index in [1.54, 1.807) is 18.5 Å². The Balaban J connectivity index is 2.09. The van der Waals surface area contributed by atoms with Gasteiger partial charge >= 0.3 is 0 Å². The fourth-order valence-corrected chi connectivity index (χ4v) is 1.93. The third kappa shape index (κ3) is 3.41. The molecule has 0 fully saturated rings. The van der Waals surface area contributed by atoms with Crippen LogP contribution >= 0.6 is 11.6 Å². The number of carbonyl (C=O) groups excluding carboxylic acids is 1. The Morgan fingerprint density at radius 2 is 2.16 bits per heavy atom. The summed E-state index contributed by atoms with van der Waals surface area (Å²) in [5.41, 5.74) is 1.90. The average Bonchev–Trinajstić information content (AvgIpc) is 2.46. The molecule has 1 N–H and O–H groups in total. The molecule has 0 aliphatic heterocycles. The highest BCUT2D eigenvalue weighted by Crippen LogP contribution is 2.13. The summed E-state index contributed by atoms with van der Waals surface area (Å²) in [6.07, 6.45) is 4.87. The van der Waals surface area contributed by atoms with E-state index in [2.05, 4.69) is 15.3 Å². The number of nitrogens with zero attached hydrogens (tertiary/aromatic N) is 2. The summed E-state index contributed by atoms with van der Waals surface area (Å²) < 4.78 is 0. The highest BCUT2D eigenvalue weighted by atomic mass is 35.5. The van der Waals surface area contributed by atoms with E-state index in [0.717, 1.165) is 18.4 Å². The molecule has 0 spiro atoms. The molecule has 2 aromatic rings. The van der Waals surface area contributed by atoms with Crippen LogP contribution in [0, 0.1) is 0 Å². The molecule has 1 unspecified atom stereocenters. The predicted molar refractivity (Wildman–Crippen MR) is 76.4 cm³/mol. The van der Waals surface area contributed by atoms with Gasteiger partial charge in [0.15, 0.2) is 0 Å². The first-order chi connectivity index (χ1) is 9.22. The van der Waals surface area contributed by atoms with Crippen LogP contribution in [0.15, 0.2) is 30.6 Å². The van der Waals surface area contributed by atoms with Gasteiger partial charge in [-0.05, 0) is 25.0 Å². The van der Waals surface area contributed by atoms with Gasteiger partial charge in [-0.2, -0.15) is 0 Å². The van der Waals surface area contributed by atoms with Gasteiger partial charge in [0.2, 0.25) is 0 Å². The largest absolute Gasteiger partial charge is 0.352 e. The van der Waals surface area contributed by atoms with Crippen LogP contribution in [0.1, 0.15) is 30.1 Å². The standard InChI is InChI=1S/C14H16ClN3O/c1-2-10(15)6-7-18-14(19)11-4-3-5-12-13(11)17-9-8-16-12/h3-5,8-10H,2,6-7H2,1H3,(H,18,19). The molecule has 1 atom stereocenters. The summed E-state index contributed by atoms with van der Waals surface area (Å²) >= 11 is 6.02. The summed E-state index contributed by atoms with van der Waals surface area (Å²) in [5, 5.41) is 2.97. The van der Waals surface area contributed by atoms with Crippen LogP contribution in [0.25, 0.3) is 11.0 Å². The quantitative estimate of drug-likeness (QED) is 0.855. The topological polar surface area (TPSA) is 54.9 Å². The van der Waals surface area contributed by atoms with Gasteiger partial charge in [-0.1, -0.05) is 13.0 Å². The highest BCUT2D eigenvalue weighted by Gasteiger charge is 2.11. The lowest BCUT2D eigenvalue weighted by atomic mass is 10.1. The first-order valence-corrected chi connectivity index (χ1v) is 6.78. The number of carbonyl (C=O) groups is 1. The number of fused-ring (bicyclic) bond motifs is 1. The van der Waals surface area contributed by atoms with Crippen molar-refractivity contribution in [1.29, 1.82) is 0 Å². The van der Waals surface area contributed by atoms with Crippen molar-refractivity contribution in [3.05, 3.63) is 36.2 Å². The Hall–Kier alpha value is -1.68. The SMILES string of the molecule is CCC(Cl)CCNC(=O)c1cccc2nccnc12. The zero-order chi connectivity index (χ0) is 13.7. The Morgan fingerprint density at radius 1 is 1.37 bits per heavy atom. The highest BCUT2D eigenvalue weighted by molar-refractivity contribution is 6.20. The molecular weight excluding hydrogens is 262 g/mol. The van der Waals surface area contributed by atoms with E-state index in [1.165, 1.54) is 0 Å². The van der Waals surface area contributed by atoms with E-state index in [-0.39, 0.29) is 11.3 Å². The Kier molecular flexibility index (Phi) is 4.68. The molecule has 4 nitrogen and oxygen atoms in total. The average molecular weight is 278 g/mol. The van der Waals surface area contributed by atoms with Crippen LogP contribution in [0.4, 0.5) is 0 Å². The fourth-order valence-electron chi connectivity index (χ4n) is 1.82. The summed E-state index contributed by atoms with van der Waals surface area (Å²) in [4.78, 5) is 20.5. The van der Waals surface area contributed by atoms with Crippen molar-refractivity contribution in [1.82, 2.24) is 15.3 Å². The molecule has 0 saturated heterocycles. The second kappa shape index (κ2) is 6.48. The van der Waals surface area contributed by atoms with Crippen LogP contribution < -0.4 is 5.32 Å². The summed E-state index contributed by atoms with van der Waals surface area (Å²) in [6.45, 7) is 2.59. The lowest BCUT2D eigenvalue weighted by Gasteiger charge is -2.09. The molecule has 0 radical (unpaired) electrons. The van der Waals surface area contributed by atoms with Gasteiger partial charge in [-0.3, -0.25) is 14.8 Å². The molecule has 1 amide bonds. The zero-order valence-electron chi connectivity index (χ0n) is 10.8. The van der Waals surface area contributed by atoms with Crippen LogP contribution in [0.2, 0.25) is 0 Å². The van der Waals surface area contributed by atoms with E-state index >= 15 is 0 Å². The number of benzene rings is 1. The number of amides is 1. The molecule has 19 heavy (non-hydrogen) atoms. The van der Waals surface area contributed by atoms with Gasteiger partial charge in [0.1, 0.15) is 5.52 Å². The second-order valence-electron chi connectivity index (χ2n) is 4.28. The van der Waals surface area contributed by atoms with Gasteiger partial charge in [0, 0.05) is 24.3 Å². The maximum absolute atomic E-state index is 12.1. The lowest BCUT2D eigenvalue weighted by Crippen LogP contribution is -2.26. The van der Waals surface area contributed by atoms with E-state index in [1.807, 2.05) is 19.1 Å². The minimum Gasteiger partial charge on any atom is -0.352 e. The molecule has 1 aromatic carbocycles. The van der Waals surface area contributed by atoms with Crippen molar-refractivity contribution < 1.29 is 4.79 Å². The summed E-state index contributed by atoms with van der Waals surface area (Å²) in [5.74, 6) is -0.133. The monoisotopic (exact) mass is 277 g/mol. The van der Waals surface area contributed by atoms with Crippen LogP contribution in [-0.2, 0) is 0 Å². The zero-order valence-corrected chi connectivity index (χ0v) is 11.5. The van der Waals surface area contributed by atoms with Crippen LogP contribution in [-0.4, -0.2) is 27.8 Å². The third-order valence-electron chi connectivity index (χ3n) is 2.93. The van der Waals surface area contributed by atoms with Crippen LogP contribution in [0.3, 0.4) is 0 Å². The molecule has 0 aliphatic rings. The maximum Gasteiger partial charge on any atom is 0.253 e. The summed E-state index contributed by atoms with van der Waals surface area (Å²) in [6, 6.07) is 5.40. The molecule has 2 rings (SSSR count). The molecule has 0 saturated carbocycles. The normalized spacial score (nSPS) is 12.3. The first kappa shape index (κ1) is 13.7. The molecule has 1 heterocycles. The molecule has 0 bridgehead atoms. The number of aromatic nitrogens is 2. The molecular formula is C14H16ClN3O. The van der Waals surface area contributed by atoms with Crippen molar-refractivity contribution in [2.24, 2.45) is 0 Å². The smallest absolute Gasteiger partial charge is 0.253 e. The number of hydrogen-bond donors (Lipinski definition) is 1. The van der Waals surface area contributed by atoms with Gasteiger partial charge in [-0.25, -0.2) is 0 Å².